The lowest BCUT2D eigenvalue weighted by Gasteiger charge is -2.05. The number of hydrogen-bond donors (Lipinski definition) is 1. The standard InChI is InChI=1S/C18H14BrN3O/c19-15-7-4-6-14(12-15)18(23)21-20-13-17-10-5-11-22(17)16-8-2-1-3-9-16/h1-13H,(H,21,23)/b20-13-. The third-order valence-electron chi connectivity index (χ3n) is 3.26. The van der Waals surface area contributed by atoms with Crippen LogP contribution in [0.15, 0.2) is 82.5 Å². The van der Waals surface area contributed by atoms with Gasteiger partial charge in [-0.1, -0.05) is 40.2 Å². The molecule has 23 heavy (non-hydrogen) atoms. The van der Waals surface area contributed by atoms with Gasteiger partial charge in [0.15, 0.2) is 0 Å². The molecule has 0 atom stereocenters. The van der Waals surface area contributed by atoms with Crippen LogP contribution in [0.25, 0.3) is 5.69 Å². The molecular weight excluding hydrogens is 354 g/mol. The lowest BCUT2D eigenvalue weighted by molar-refractivity contribution is 0.0955. The van der Waals surface area contributed by atoms with Gasteiger partial charge in [-0.25, -0.2) is 5.43 Å². The van der Waals surface area contributed by atoms with Gasteiger partial charge in [0.1, 0.15) is 0 Å². The number of aromatic nitrogens is 1. The van der Waals surface area contributed by atoms with E-state index in [9.17, 15) is 4.79 Å². The highest BCUT2D eigenvalue weighted by atomic mass is 79.9. The number of nitrogens with one attached hydrogen (secondary N) is 1. The van der Waals surface area contributed by atoms with Crippen molar-refractivity contribution >= 4 is 28.1 Å². The van der Waals surface area contributed by atoms with E-state index in [2.05, 4.69) is 26.5 Å². The number of rotatable bonds is 4. The molecule has 0 radical (unpaired) electrons. The molecular formula is C18H14BrN3O. The van der Waals surface area contributed by atoms with E-state index in [1.165, 1.54) is 0 Å². The number of carbonyl (C=O) groups excluding carboxylic acids is 1. The summed E-state index contributed by atoms with van der Waals surface area (Å²) in [5.41, 5.74) is 5.01. The maximum atomic E-state index is 12.0. The van der Waals surface area contributed by atoms with Gasteiger partial charge in [0.25, 0.3) is 5.91 Å². The predicted molar refractivity (Wildman–Crippen MR) is 95.0 cm³/mol. The molecule has 0 aliphatic rings. The van der Waals surface area contributed by atoms with Gasteiger partial charge in [0.05, 0.1) is 11.9 Å². The van der Waals surface area contributed by atoms with Crippen LogP contribution in [0.1, 0.15) is 16.1 Å². The molecule has 0 aliphatic carbocycles. The minimum absolute atomic E-state index is 0.250. The van der Waals surface area contributed by atoms with Gasteiger partial charge in [-0.2, -0.15) is 5.10 Å². The topological polar surface area (TPSA) is 46.4 Å². The molecule has 114 valence electrons. The maximum Gasteiger partial charge on any atom is 0.271 e. The molecule has 1 heterocycles. The van der Waals surface area contributed by atoms with Gasteiger partial charge < -0.3 is 4.57 Å². The van der Waals surface area contributed by atoms with Crippen LogP contribution in [0.2, 0.25) is 0 Å². The molecule has 3 rings (SSSR count). The zero-order valence-electron chi connectivity index (χ0n) is 12.2. The maximum absolute atomic E-state index is 12.0. The number of nitrogens with zero attached hydrogens (tertiary/aromatic N) is 2. The molecule has 2 aromatic carbocycles. The normalized spacial score (nSPS) is 10.8. The van der Waals surface area contributed by atoms with Crippen LogP contribution in [-0.4, -0.2) is 16.7 Å². The van der Waals surface area contributed by atoms with Crippen LogP contribution in [0.4, 0.5) is 0 Å². The molecule has 0 bridgehead atoms. The van der Waals surface area contributed by atoms with Gasteiger partial charge in [-0.15, -0.1) is 0 Å². The summed E-state index contributed by atoms with van der Waals surface area (Å²) in [6.07, 6.45) is 3.58. The lowest BCUT2D eigenvalue weighted by Crippen LogP contribution is -2.17. The highest BCUT2D eigenvalue weighted by Crippen LogP contribution is 2.12. The van der Waals surface area contributed by atoms with E-state index >= 15 is 0 Å². The lowest BCUT2D eigenvalue weighted by atomic mass is 10.2. The summed E-state index contributed by atoms with van der Waals surface area (Å²) in [7, 11) is 0. The molecule has 3 aromatic rings. The van der Waals surface area contributed by atoms with E-state index in [0.29, 0.717) is 5.56 Å². The first-order valence-corrected chi connectivity index (χ1v) is 7.85. The average molecular weight is 368 g/mol. The zero-order chi connectivity index (χ0) is 16.1. The monoisotopic (exact) mass is 367 g/mol. The van der Waals surface area contributed by atoms with Gasteiger partial charge in [0, 0.05) is 21.9 Å². The summed E-state index contributed by atoms with van der Waals surface area (Å²) in [5.74, 6) is -0.250. The Morgan fingerprint density at radius 2 is 1.87 bits per heavy atom. The quantitative estimate of drug-likeness (QED) is 0.549. The SMILES string of the molecule is O=C(N/N=C\c1cccn1-c1ccccc1)c1cccc(Br)c1. The minimum atomic E-state index is -0.250. The molecule has 0 unspecified atom stereocenters. The molecule has 4 nitrogen and oxygen atoms in total. The number of hydrazone groups is 1. The number of para-hydroxylation sites is 1. The predicted octanol–water partition coefficient (Wildman–Crippen LogP) is 4.00. The van der Waals surface area contributed by atoms with Crippen molar-refractivity contribution in [1.82, 2.24) is 9.99 Å². The zero-order valence-corrected chi connectivity index (χ0v) is 13.8. The molecule has 0 saturated carbocycles. The van der Waals surface area contributed by atoms with E-state index in [1.807, 2.05) is 65.4 Å². The largest absolute Gasteiger partial charge is 0.316 e. The average Bonchev–Trinajstić information content (AvgIpc) is 3.04. The second-order valence-electron chi connectivity index (χ2n) is 4.85. The van der Waals surface area contributed by atoms with Gasteiger partial charge in [0.2, 0.25) is 0 Å². The third kappa shape index (κ3) is 3.76. The first kappa shape index (κ1) is 15.2. The fourth-order valence-corrected chi connectivity index (χ4v) is 2.57. The van der Waals surface area contributed by atoms with Crippen molar-refractivity contribution in [3.05, 3.63) is 88.7 Å². The fourth-order valence-electron chi connectivity index (χ4n) is 2.17. The van der Waals surface area contributed by atoms with Crippen LogP contribution < -0.4 is 5.43 Å². The van der Waals surface area contributed by atoms with Crippen molar-refractivity contribution in [2.75, 3.05) is 0 Å². The third-order valence-corrected chi connectivity index (χ3v) is 3.76. The molecule has 0 saturated heterocycles. The molecule has 1 amide bonds. The van der Waals surface area contributed by atoms with Crippen LogP contribution in [0, 0.1) is 0 Å². The molecule has 0 aliphatic heterocycles. The van der Waals surface area contributed by atoms with E-state index in [0.717, 1.165) is 15.9 Å². The minimum Gasteiger partial charge on any atom is -0.316 e. The Labute approximate surface area is 142 Å². The van der Waals surface area contributed by atoms with Crippen molar-refractivity contribution in [3.63, 3.8) is 0 Å². The van der Waals surface area contributed by atoms with Crippen molar-refractivity contribution in [2.24, 2.45) is 5.10 Å². The van der Waals surface area contributed by atoms with Crippen molar-refractivity contribution in [3.8, 4) is 5.69 Å². The Morgan fingerprint density at radius 3 is 2.65 bits per heavy atom. The molecule has 0 spiro atoms. The van der Waals surface area contributed by atoms with Crippen molar-refractivity contribution in [2.45, 2.75) is 0 Å². The van der Waals surface area contributed by atoms with E-state index in [4.69, 9.17) is 0 Å². The highest BCUT2D eigenvalue weighted by molar-refractivity contribution is 9.10. The summed E-state index contributed by atoms with van der Waals surface area (Å²) < 4.78 is 2.85. The van der Waals surface area contributed by atoms with Gasteiger partial charge in [-0.3, -0.25) is 4.79 Å². The van der Waals surface area contributed by atoms with Crippen molar-refractivity contribution < 1.29 is 4.79 Å². The van der Waals surface area contributed by atoms with Gasteiger partial charge in [-0.05, 0) is 42.5 Å². The van der Waals surface area contributed by atoms with Crippen LogP contribution in [-0.2, 0) is 0 Å². The first-order valence-electron chi connectivity index (χ1n) is 7.06. The Kier molecular flexibility index (Phi) is 4.68. The highest BCUT2D eigenvalue weighted by Gasteiger charge is 2.04. The Balaban J connectivity index is 1.72. The smallest absolute Gasteiger partial charge is 0.271 e. The second-order valence-corrected chi connectivity index (χ2v) is 5.76. The van der Waals surface area contributed by atoms with Gasteiger partial charge >= 0.3 is 0 Å². The number of benzene rings is 2. The molecule has 5 heteroatoms. The van der Waals surface area contributed by atoms with Crippen LogP contribution in [0.3, 0.4) is 0 Å². The first-order chi connectivity index (χ1) is 11.2. The molecule has 1 aromatic heterocycles. The summed E-state index contributed by atoms with van der Waals surface area (Å²) >= 11 is 3.34. The summed E-state index contributed by atoms with van der Waals surface area (Å²) in [5, 5.41) is 4.05. The Hall–Kier alpha value is -2.66. The fraction of sp³-hybridized carbons (Fsp3) is 0. The summed E-state index contributed by atoms with van der Waals surface area (Å²) in [6.45, 7) is 0. The second kappa shape index (κ2) is 7.07. The van der Waals surface area contributed by atoms with Crippen molar-refractivity contribution in [1.29, 1.82) is 0 Å². The number of hydrogen-bond acceptors (Lipinski definition) is 2. The Morgan fingerprint density at radius 1 is 1.04 bits per heavy atom. The molecule has 0 fully saturated rings. The molecule has 1 N–H and O–H groups in total. The van der Waals surface area contributed by atoms with Crippen LogP contribution >= 0.6 is 15.9 Å². The summed E-state index contributed by atoms with van der Waals surface area (Å²) in [6, 6.07) is 21.0. The van der Waals surface area contributed by atoms with Crippen LogP contribution in [0.5, 0.6) is 0 Å². The number of halogens is 1. The number of amides is 1. The van der Waals surface area contributed by atoms with E-state index in [1.54, 1.807) is 18.3 Å². The number of carbonyl (C=O) groups is 1. The Bertz CT molecular complexity index is 840. The van der Waals surface area contributed by atoms with E-state index < -0.39 is 0 Å². The summed E-state index contributed by atoms with van der Waals surface area (Å²) in [4.78, 5) is 12.0. The van der Waals surface area contributed by atoms with E-state index in [-0.39, 0.29) is 5.91 Å².